The summed E-state index contributed by atoms with van der Waals surface area (Å²) in [6.45, 7) is 1.81. The second-order valence-corrected chi connectivity index (χ2v) is 11.7. The molecule has 5 rings (SSSR count). The molecule has 0 radical (unpaired) electrons. The molecule has 0 amide bonds. The molecule has 0 N–H and O–H groups in total. The zero-order valence-electron chi connectivity index (χ0n) is 19.3. The molecule has 1 aliphatic rings. The van der Waals surface area contributed by atoms with Crippen molar-refractivity contribution in [2.75, 3.05) is 11.5 Å². The number of nitriles is 1. The lowest BCUT2D eigenvalue weighted by atomic mass is 9.83. The summed E-state index contributed by atoms with van der Waals surface area (Å²) in [5.74, 6) is -1.15. The first-order chi connectivity index (χ1) is 17.1. The Balaban J connectivity index is 1.64. The third-order valence-corrected chi connectivity index (χ3v) is 8.56. The zero-order valence-corrected chi connectivity index (χ0v) is 20.1. The number of rotatable bonds is 5. The fourth-order valence-corrected chi connectivity index (χ4v) is 7.01. The van der Waals surface area contributed by atoms with Crippen LogP contribution < -0.4 is 0 Å². The van der Waals surface area contributed by atoms with Gasteiger partial charge in [0, 0.05) is 22.9 Å². The summed E-state index contributed by atoms with van der Waals surface area (Å²) in [6.07, 6.45) is 0.504. The van der Waals surface area contributed by atoms with Gasteiger partial charge in [-0.15, -0.1) is 0 Å². The van der Waals surface area contributed by atoms with Gasteiger partial charge in [0.2, 0.25) is 0 Å². The van der Waals surface area contributed by atoms with E-state index in [9.17, 15) is 27.3 Å². The van der Waals surface area contributed by atoms with Gasteiger partial charge in [0.15, 0.2) is 15.6 Å². The molecule has 2 heterocycles. The van der Waals surface area contributed by atoms with Gasteiger partial charge in [-0.2, -0.15) is 10.4 Å². The average molecular weight is 506 g/mol. The van der Waals surface area contributed by atoms with Crippen LogP contribution in [0, 0.1) is 28.4 Å². The minimum absolute atomic E-state index is 0.0276. The van der Waals surface area contributed by atoms with Crippen molar-refractivity contribution in [1.82, 2.24) is 9.78 Å². The Morgan fingerprint density at radius 1 is 1.11 bits per heavy atom. The van der Waals surface area contributed by atoms with E-state index in [1.54, 1.807) is 25.1 Å². The molecule has 3 aromatic carbocycles. The highest BCUT2D eigenvalue weighted by Crippen LogP contribution is 2.37. The molecular formula is C27H21F2N3O3S. The summed E-state index contributed by atoms with van der Waals surface area (Å²) in [5, 5.41) is 14.4. The van der Waals surface area contributed by atoms with Crippen molar-refractivity contribution in [3.05, 3.63) is 83.4 Å². The van der Waals surface area contributed by atoms with Crippen molar-refractivity contribution in [2.24, 2.45) is 5.41 Å². The van der Waals surface area contributed by atoms with Crippen LogP contribution in [0.15, 0.2) is 60.7 Å². The number of halogens is 2. The first-order valence-corrected chi connectivity index (χ1v) is 13.1. The first-order valence-electron chi connectivity index (χ1n) is 11.3. The topological polar surface area (TPSA) is 92.8 Å². The summed E-state index contributed by atoms with van der Waals surface area (Å²) in [4.78, 5) is 13.2. The molecule has 1 aromatic heterocycles. The number of carbonyl (C=O) groups excluding carboxylic acids is 1. The van der Waals surface area contributed by atoms with E-state index in [1.807, 2.05) is 6.07 Å². The van der Waals surface area contributed by atoms with Gasteiger partial charge in [-0.25, -0.2) is 21.9 Å². The molecule has 4 aromatic rings. The van der Waals surface area contributed by atoms with Crippen LogP contribution in [0.3, 0.4) is 0 Å². The van der Waals surface area contributed by atoms with Crippen molar-refractivity contribution in [3.8, 4) is 23.0 Å². The number of hydrogen-bond acceptors (Lipinski definition) is 5. The highest BCUT2D eigenvalue weighted by molar-refractivity contribution is 7.91. The second-order valence-electron chi connectivity index (χ2n) is 9.53. The van der Waals surface area contributed by atoms with Gasteiger partial charge in [0.05, 0.1) is 34.3 Å². The van der Waals surface area contributed by atoms with Crippen LogP contribution >= 0.6 is 0 Å². The molecule has 0 spiro atoms. The number of sulfone groups is 1. The standard InChI is InChI=1S/C27H21F2N3O3S/c1-27(10-11-36(34,35)16-27)14-25(33)18-3-8-21-24(13-18)32(20-6-4-19(28)5-7-20)31-26(21)22-12-17(15-30)2-9-23(22)29/h2-9,12-13H,10-11,14,16H2,1H3. The summed E-state index contributed by atoms with van der Waals surface area (Å²) in [7, 11) is -3.16. The average Bonchev–Trinajstić information content (AvgIpc) is 3.35. The van der Waals surface area contributed by atoms with Crippen LogP contribution in [0.2, 0.25) is 0 Å². The Morgan fingerprint density at radius 3 is 2.53 bits per heavy atom. The molecule has 1 fully saturated rings. The molecule has 0 bridgehead atoms. The molecule has 1 atom stereocenters. The van der Waals surface area contributed by atoms with Crippen LogP contribution in [0.25, 0.3) is 27.8 Å². The maximum atomic E-state index is 14.8. The minimum atomic E-state index is -3.16. The number of aromatic nitrogens is 2. The van der Waals surface area contributed by atoms with Crippen LogP contribution in [0.1, 0.15) is 35.7 Å². The van der Waals surface area contributed by atoms with Gasteiger partial charge in [-0.05, 0) is 66.4 Å². The van der Waals surface area contributed by atoms with Gasteiger partial charge in [0.1, 0.15) is 17.3 Å². The Hall–Kier alpha value is -3.90. The smallest absolute Gasteiger partial charge is 0.163 e. The van der Waals surface area contributed by atoms with Crippen LogP contribution in [-0.4, -0.2) is 35.5 Å². The Bertz CT molecular complexity index is 1670. The highest BCUT2D eigenvalue weighted by atomic mass is 32.2. The predicted molar refractivity (Wildman–Crippen MR) is 131 cm³/mol. The Kier molecular flexibility index (Phi) is 5.72. The SMILES string of the molecule is CC1(CC(=O)c2ccc3c(-c4cc(C#N)ccc4F)nn(-c4ccc(F)cc4)c3c2)CCS(=O)(=O)C1. The summed E-state index contributed by atoms with van der Waals surface area (Å²) < 4.78 is 53.8. The molecule has 1 saturated heterocycles. The minimum Gasteiger partial charge on any atom is -0.294 e. The molecule has 9 heteroatoms. The van der Waals surface area contributed by atoms with Crippen molar-refractivity contribution >= 4 is 26.5 Å². The van der Waals surface area contributed by atoms with E-state index in [-0.39, 0.29) is 40.5 Å². The van der Waals surface area contributed by atoms with Crippen molar-refractivity contribution in [2.45, 2.75) is 19.8 Å². The van der Waals surface area contributed by atoms with E-state index in [4.69, 9.17) is 0 Å². The van der Waals surface area contributed by atoms with E-state index in [0.717, 1.165) is 0 Å². The summed E-state index contributed by atoms with van der Waals surface area (Å²) >= 11 is 0. The molecular weight excluding hydrogens is 484 g/mol. The largest absolute Gasteiger partial charge is 0.294 e. The molecule has 182 valence electrons. The van der Waals surface area contributed by atoms with Crippen molar-refractivity contribution in [1.29, 1.82) is 5.26 Å². The van der Waals surface area contributed by atoms with Gasteiger partial charge in [-0.1, -0.05) is 13.0 Å². The number of fused-ring (bicyclic) bond motifs is 1. The highest BCUT2D eigenvalue weighted by Gasteiger charge is 2.40. The van der Waals surface area contributed by atoms with E-state index >= 15 is 0 Å². The summed E-state index contributed by atoms with van der Waals surface area (Å²) in [6, 6.07) is 16.5. The Morgan fingerprint density at radius 2 is 1.86 bits per heavy atom. The number of nitrogens with zero attached hydrogens (tertiary/aromatic N) is 3. The fourth-order valence-electron chi connectivity index (χ4n) is 4.75. The first kappa shape index (κ1) is 23.8. The maximum absolute atomic E-state index is 14.8. The van der Waals surface area contributed by atoms with Crippen LogP contribution in [0.4, 0.5) is 8.78 Å². The lowest BCUT2D eigenvalue weighted by Crippen LogP contribution is -2.22. The normalized spacial score (nSPS) is 18.8. The van der Waals surface area contributed by atoms with E-state index in [2.05, 4.69) is 5.10 Å². The van der Waals surface area contributed by atoms with Gasteiger partial charge in [-0.3, -0.25) is 4.79 Å². The Labute approximate surface area is 206 Å². The number of ketones is 1. The van der Waals surface area contributed by atoms with Gasteiger partial charge >= 0.3 is 0 Å². The number of carbonyl (C=O) groups is 1. The van der Waals surface area contributed by atoms with Crippen molar-refractivity contribution in [3.63, 3.8) is 0 Å². The van der Waals surface area contributed by atoms with Crippen LogP contribution in [-0.2, 0) is 9.84 Å². The third-order valence-electron chi connectivity index (χ3n) is 6.60. The monoisotopic (exact) mass is 505 g/mol. The van der Waals surface area contributed by atoms with Crippen molar-refractivity contribution < 1.29 is 22.0 Å². The predicted octanol–water partition coefficient (Wildman–Crippen LogP) is 5.24. The number of hydrogen-bond donors (Lipinski definition) is 0. The van der Waals surface area contributed by atoms with Crippen LogP contribution in [0.5, 0.6) is 0 Å². The van der Waals surface area contributed by atoms with Gasteiger partial charge in [0.25, 0.3) is 0 Å². The number of Topliss-reactive ketones (excluding diaryl/α,β-unsaturated/α-hetero) is 1. The quantitative estimate of drug-likeness (QED) is 0.346. The molecule has 0 aliphatic carbocycles. The number of benzene rings is 3. The molecule has 36 heavy (non-hydrogen) atoms. The lowest BCUT2D eigenvalue weighted by Gasteiger charge is -2.20. The van der Waals surface area contributed by atoms with E-state index in [0.29, 0.717) is 28.6 Å². The molecule has 0 saturated carbocycles. The molecule has 1 aliphatic heterocycles. The summed E-state index contributed by atoms with van der Waals surface area (Å²) in [5.41, 5.74) is 1.40. The van der Waals surface area contributed by atoms with E-state index < -0.39 is 26.9 Å². The fraction of sp³-hybridized carbons (Fsp3) is 0.222. The maximum Gasteiger partial charge on any atom is 0.163 e. The zero-order chi connectivity index (χ0) is 25.7. The lowest BCUT2D eigenvalue weighted by molar-refractivity contribution is 0.0934. The van der Waals surface area contributed by atoms with Gasteiger partial charge < -0.3 is 0 Å². The second kappa shape index (κ2) is 8.64. The third kappa shape index (κ3) is 4.40. The van der Waals surface area contributed by atoms with E-state index in [1.165, 1.54) is 47.1 Å². The molecule has 6 nitrogen and oxygen atoms in total. The molecule has 1 unspecified atom stereocenters.